The van der Waals surface area contributed by atoms with E-state index in [1.165, 1.54) is 18.2 Å². The van der Waals surface area contributed by atoms with Crippen LogP contribution in [0.2, 0.25) is 0 Å². The molecule has 0 aromatic heterocycles. The summed E-state index contributed by atoms with van der Waals surface area (Å²) in [6.45, 7) is 2.49. The highest BCUT2D eigenvalue weighted by atomic mass is 32.2. The molecule has 1 aliphatic heterocycles. The number of hydrogen-bond acceptors (Lipinski definition) is 4. The third kappa shape index (κ3) is 1.92. The standard InChI is InChI=1S/C10H13NO3S/c1-7-5-11-9-4-8(12)2-3-10(9)15(13,14)6-7/h2-4,7,11-12H,5-6H2,1H3. The molecule has 1 aromatic carbocycles. The third-order valence-electron chi connectivity index (χ3n) is 2.44. The van der Waals surface area contributed by atoms with Gasteiger partial charge in [-0.05, 0) is 18.1 Å². The summed E-state index contributed by atoms with van der Waals surface area (Å²) in [4.78, 5) is 0.282. The molecule has 0 saturated heterocycles. The molecular formula is C10H13NO3S. The number of nitrogens with one attached hydrogen (secondary N) is 1. The van der Waals surface area contributed by atoms with Crippen molar-refractivity contribution < 1.29 is 13.5 Å². The van der Waals surface area contributed by atoms with Crippen molar-refractivity contribution in [2.24, 2.45) is 5.92 Å². The molecule has 0 saturated carbocycles. The summed E-state index contributed by atoms with van der Waals surface area (Å²) in [5.41, 5.74) is 0.499. The molecule has 2 rings (SSSR count). The summed E-state index contributed by atoms with van der Waals surface area (Å²) in [6.07, 6.45) is 0. The largest absolute Gasteiger partial charge is 0.508 e. The number of benzene rings is 1. The van der Waals surface area contributed by atoms with E-state index < -0.39 is 9.84 Å². The number of sulfone groups is 1. The summed E-state index contributed by atoms with van der Waals surface area (Å²) in [5.74, 6) is 0.299. The van der Waals surface area contributed by atoms with E-state index in [-0.39, 0.29) is 22.3 Å². The first kappa shape index (κ1) is 10.3. The van der Waals surface area contributed by atoms with E-state index in [4.69, 9.17) is 0 Å². The molecule has 0 amide bonds. The van der Waals surface area contributed by atoms with Crippen molar-refractivity contribution in [1.29, 1.82) is 0 Å². The second-order valence-corrected chi connectivity index (χ2v) is 5.95. The van der Waals surface area contributed by atoms with Crippen molar-refractivity contribution in [2.45, 2.75) is 11.8 Å². The lowest BCUT2D eigenvalue weighted by atomic mass is 10.2. The average molecular weight is 227 g/mol. The van der Waals surface area contributed by atoms with Crippen molar-refractivity contribution >= 4 is 15.5 Å². The molecule has 15 heavy (non-hydrogen) atoms. The molecule has 1 heterocycles. The van der Waals surface area contributed by atoms with Gasteiger partial charge in [0.2, 0.25) is 0 Å². The highest BCUT2D eigenvalue weighted by Crippen LogP contribution is 2.30. The first-order valence-electron chi connectivity index (χ1n) is 4.79. The average Bonchev–Trinajstić information content (AvgIpc) is 2.23. The lowest BCUT2D eigenvalue weighted by Crippen LogP contribution is -2.15. The normalized spacial score (nSPS) is 23.7. The summed E-state index contributed by atoms with van der Waals surface area (Å²) < 4.78 is 23.8. The Kier molecular flexibility index (Phi) is 2.34. The van der Waals surface area contributed by atoms with Gasteiger partial charge in [-0.15, -0.1) is 0 Å². The zero-order valence-electron chi connectivity index (χ0n) is 8.40. The minimum absolute atomic E-state index is 0.0737. The summed E-state index contributed by atoms with van der Waals surface area (Å²) in [7, 11) is -3.22. The molecule has 0 bridgehead atoms. The summed E-state index contributed by atoms with van der Waals surface area (Å²) in [6, 6.07) is 4.30. The lowest BCUT2D eigenvalue weighted by molar-refractivity contribution is 0.475. The topological polar surface area (TPSA) is 66.4 Å². The van der Waals surface area contributed by atoms with E-state index in [9.17, 15) is 13.5 Å². The van der Waals surface area contributed by atoms with Crippen molar-refractivity contribution in [3.05, 3.63) is 18.2 Å². The molecule has 0 spiro atoms. The quantitative estimate of drug-likeness (QED) is 0.699. The molecular weight excluding hydrogens is 214 g/mol. The Morgan fingerprint density at radius 3 is 2.93 bits per heavy atom. The minimum atomic E-state index is -3.22. The predicted molar refractivity (Wildman–Crippen MR) is 57.8 cm³/mol. The molecule has 5 heteroatoms. The fourth-order valence-corrected chi connectivity index (χ4v) is 3.52. The van der Waals surface area contributed by atoms with Gasteiger partial charge in [0.05, 0.1) is 16.3 Å². The Hall–Kier alpha value is -1.23. The molecule has 0 fully saturated rings. The SMILES string of the molecule is CC1CNc2cc(O)ccc2S(=O)(=O)C1. The van der Waals surface area contributed by atoms with Crippen molar-refractivity contribution in [3.63, 3.8) is 0 Å². The molecule has 0 radical (unpaired) electrons. The van der Waals surface area contributed by atoms with E-state index in [0.29, 0.717) is 12.2 Å². The molecule has 1 aromatic rings. The van der Waals surface area contributed by atoms with E-state index in [1.807, 2.05) is 6.92 Å². The minimum Gasteiger partial charge on any atom is -0.508 e. The Bertz CT molecular complexity index is 481. The van der Waals surface area contributed by atoms with E-state index in [2.05, 4.69) is 5.32 Å². The van der Waals surface area contributed by atoms with Gasteiger partial charge in [-0.25, -0.2) is 8.42 Å². The maximum absolute atomic E-state index is 11.9. The molecule has 2 N–H and O–H groups in total. The van der Waals surface area contributed by atoms with Gasteiger partial charge >= 0.3 is 0 Å². The second kappa shape index (κ2) is 3.41. The number of hydrogen-bond donors (Lipinski definition) is 2. The van der Waals surface area contributed by atoms with Crippen LogP contribution < -0.4 is 5.32 Å². The molecule has 1 atom stereocenters. The summed E-state index contributed by atoms with van der Waals surface area (Å²) in [5, 5.41) is 12.3. The van der Waals surface area contributed by atoms with Crippen LogP contribution in [0.25, 0.3) is 0 Å². The lowest BCUT2D eigenvalue weighted by Gasteiger charge is -2.07. The van der Waals surface area contributed by atoms with E-state index >= 15 is 0 Å². The van der Waals surface area contributed by atoms with E-state index in [1.54, 1.807) is 0 Å². The van der Waals surface area contributed by atoms with E-state index in [0.717, 1.165) is 0 Å². The molecule has 1 aliphatic rings. The predicted octanol–water partition coefficient (Wildman–Crippen LogP) is 1.23. The van der Waals surface area contributed by atoms with Crippen LogP contribution in [0.1, 0.15) is 6.92 Å². The Balaban J connectivity index is 2.58. The van der Waals surface area contributed by atoms with Crippen LogP contribution in [0.3, 0.4) is 0 Å². The van der Waals surface area contributed by atoms with Crippen molar-refractivity contribution in [1.82, 2.24) is 0 Å². The van der Waals surface area contributed by atoms with Gasteiger partial charge in [-0.2, -0.15) is 0 Å². The smallest absolute Gasteiger partial charge is 0.180 e. The maximum atomic E-state index is 11.9. The zero-order chi connectivity index (χ0) is 11.1. The third-order valence-corrected chi connectivity index (χ3v) is 4.48. The number of rotatable bonds is 0. The van der Waals surface area contributed by atoms with Gasteiger partial charge < -0.3 is 10.4 Å². The first-order chi connectivity index (χ1) is 6.99. The highest BCUT2D eigenvalue weighted by molar-refractivity contribution is 7.91. The van der Waals surface area contributed by atoms with Crippen LogP contribution in [-0.4, -0.2) is 25.8 Å². The second-order valence-electron chi connectivity index (χ2n) is 3.95. The van der Waals surface area contributed by atoms with Crippen LogP contribution in [0, 0.1) is 5.92 Å². The van der Waals surface area contributed by atoms with Gasteiger partial charge in [-0.3, -0.25) is 0 Å². The number of anilines is 1. The Labute approximate surface area is 88.9 Å². The monoisotopic (exact) mass is 227 g/mol. The number of aromatic hydroxyl groups is 1. The Morgan fingerprint density at radius 2 is 2.20 bits per heavy atom. The van der Waals surface area contributed by atoms with Gasteiger partial charge in [0.1, 0.15) is 5.75 Å². The maximum Gasteiger partial charge on any atom is 0.180 e. The van der Waals surface area contributed by atoms with Gasteiger partial charge in [0, 0.05) is 12.6 Å². The van der Waals surface area contributed by atoms with Crippen LogP contribution >= 0.6 is 0 Å². The molecule has 0 aliphatic carbocycles. The van der Waals surface area contributed by atoms with Crippen LogP contribution in [-0.2, 0) is 9.84 Å². The zero-order valence-corrected chi connectivity index (χ0v) is 9.21. The highest BCUT2D eigenvalue weighted by Gasteiger charge is 2.25. The first-order valence-corrected chi connectivity index (χ1v) is 6.44. The summed E-state index contributed by atoms with van der Waals surface area (Å²) >= 11 is 0. The molecule has 82 valence electrons. The van der Waals surface area contributed by atoms with Crippen LogP contribution in [0.5, 0.6) is 5.75 Å². The van der Waals surface area contributed by atoms with Crippen LogP contribution in [0.4, 0.5) is 5.69 Å². The van der Waals surface area contributed by atoms with Crippen molar-refractivity contribution in [3.8, 4) is 5.75 Å². The van der Waals surface area contributed by atoms with Crippen LogP contribution in [0.15, 0.2) is 23.1 Å². The number of phenols is 1. The fourth-order valence-electron chi connectivity index (χ4n) is 1.73. The number of fused-ring (bicyclic) bond motifs is 1. The Morgan fingerprint density at radius 1 is 1.47 bits per heavy atom. The molecule has 1 unspecified atom stereocenters. The molecule has 4 nitrogen and oxygen atoms in total. The van der Waals surface area contributed by atoms with Gasteiger partial charge in [0.25, 0.3) is 0 Å². The fraction of sp³-hybridized carbons (Fsp3) is 0.400. The van der Waals surface area contributed by atoms with Gasteiger partial charge in [0.15, 0.2) is 9.84 Å². The van der Waals surface area contributed by atoms with Gasteiger partial charge in [-0.1, -0.05) is 6.92 Å². The van der Waals surface area contributed by atoms with Crippen molar-refractivity contribution in [2.75, 3.05) is 17.6 Å². The number of phenolic OH excluding ortho intramolecular Hbond substituents is 1.